The average molecular weight is 364 g/mol. The maximum Gasteiger partial charge on any atom is 0.253 e. The summed E-state index contributed by atoms with van der Waals surface area (Å²) in [6.45, 7) is 7.29. The molecule has 2 amide bonds. The largest absolute Gasteiger partial charge is 0.338 e. The van der Waals surface area contributed by atoms with Crippen molar-refractivity contribution < 1.29 is 9.59 Å². The zero-order valence-electron chi connectivity index (χ0n) is 16.4. The van der Waals surface area contributed by atoms with Crippen molar-refractivity contribution in [3.05, 3.63) is 64.7 Å². The summed E-state index contributed by atoms with van der Waals surface area (Å²) in [5.41, 5.74) is 4.94. The number of carbonyl (C=O) groups excluding carboxylic acids is 2. The van der Waals surface area contributed by atoms with E-state index in [-0.39, 0.29) is 17.7 Å². The van der Waals surface area contributed by atoms with Crippen molar-refractivity contribution in [1.82, 2.24) is 4.90 Å². The van der Waals surface area contributed by atoms with E-state index in [2.05, 4.69) is 18.3 Å². The van der Waals surface area contributed by atoms with E-state index in [1.54, 1.807) is 0 Å². The predicted molar refractivity (Wildman–Crippen MR) is 109 cm³/mol. The predicted octanol–water partition coefficient (Wildman–Crippen LogP) is 4.36. The number of rotatable bonds is 4. The number of carbonyl (C=O) groups is 2. The summed E-state index contributed by atoms with van der Waals surface area (Å²) >= 11 is 0. The molecule has 0 saturated carbocycles. The molecule has 0 spiro atoms. The maximum atomic E-state index is 12.9. The van der Waals surface area contributed by atoms with Crippen molar-refractivity contribution in [2.24, 2.45) is 5.92 Å². The van der Waals surface area contributed by atoms with Crippen LogP contribution in [0.5, 0.6) is 0 Å². The third-order valence-corrected chi connectivity index (χ3v) is 5.18. The van der Waals surface area contributed by atoms with Gasteiger partial charge in [-0.05, 0) is 62.9 Å². The van der Waals surface area contributed by atoms with Crippen LogP contribution in [0.4, 0.5) is 5.69 Å². The lowest BCUT2D eigenvalue weighted by Gasteiger charge is -2.32. The van der Waals surface area contributed by atoms with Crippen LogP contribution in [0.15, 0.2) is 42.5 Å². The second-order valence-corrected chi connectivity index (χ2v) is 7.51. The third kappa shape index (κ3) is 4.76. The van der Waals surface area contributed by atoms with E-state index < -0.39 is 0 Å². The van der Waals surface area contributed by atoms with Gasteiger partial charge in [-0.25, -0.2) is 0 Å². The van der Waals surface area contributed by atoms with Gasteiger partial charge in [0.1, 0.15) is 0 Å². The summed E-state index contributed by atoms with van der Waals surface area (Å²) in [4.78, 5) is 27.4. The zero-order valence-corrected chi connectivity index (χ0v) is 16.4. The summed E-state index contributed by atoms with van der Waals surface area (Å²) in [5, 5.41) is 3.00. The Balaban J connectivity index is 1.65. The molecule has 1 atom stereocenters. The van der Waals surface area contributed by atoms with Crippen LogP contribution in [0.1, 0.15) is 46.8 Å². The Morgan fingerprint density at radius 1 is 1.07 bits per heavy atom. The van der Waals surface area contributed by atoms with Crippen molar-refractivity contribution in [2.45, 2.75) is 40.0 Å². The Hall–Kier alpha value is -2.62. The Morgan fingerprint density at radius 3 is 2.37 bits per heavy atom. The quantitative estimate of drug-likeness (QED) is 0.876. The van der Waals surface area contributed by atoms with Crippen LogP contribution in [0, 0.1) is 19.8 Å². The number of nitrogens with zero attached hydrogens (tertiary/aromatic N) is 1. The van der Waals surface area contributed by atoms with Crippen LogP contribution in [0.3, 0.4) is 0 Å². The molecule has 1 saturated heterocycles. The zero-order chi connectivity index (χ0) is 19.4. The first kappa shape index (κ1) is 19.2. The molecule has 0 aromatic heterocycles. The van der Waals surface area contributed by atoms with Crippen LogP contribution >= 0.6 is 0 Å². The van der Waals surface area contributed by atoms with E-state index in [4.69, 9.17) is 0 Å². The summed E-state index contributed by atoms with van der Waals surface area (Å²) < 4.78 is 0. The minimum Gasteiger partial charge on any atom is -0.338 e. The maximum absolute atomic E-state index is 12.9. The molecule has 1 N–H and O–H groups in total. The second-order valence-electron chi connectivity index (χ2n) is 7.51. The lowest BCUT2D eigenvalue weighted by Crippen LogP contribution is -2.43. The Labute approximate surface area is 161 Å². The van der Waals surface area contributed by atoms with Gasteiger partial charge in [-0.15, -0.1) is 0 Å². The second kappa shape index (κ2) is 8.38. The molecule has 4 nitrogen and oxygen atoms in total. The van der Waals surface area contributed by atoms with Gasteiger partial charge in [0.25, 0.3) is 5.91 Å². The number of aryl methyl sites for hydroxylation is 3. The fraction of sp³-hybridized carbons (Fsp3) is 0.391. The van der Waals surface area contributed by atoms with E-state index in [0.717, 1.165) is 36.1 Å². The SMILES string of the molecule is CCc1ccc(NC(=O)[C@H]2CCCN(C(=O)c3cc(C)cc(C)c3)C2)cc1. The smallest absolute Gasteiger partial charge is 0.253 e. The van der Waals surface area contributed by atoms with Gasteiger partial charge in [0.15, 0.2) is 0 Å². The van der Waals surface area contributed by atoms with E-state index in [1.165, 1.54) is 5.56 Å². The van der Waals surface area contributed by atoms with Crippen molar-refractivity contribution in [3.8, 4) is 0 Å². The summed E-state index contributed by atoms with van der Waals surface area (Å²) in [6, 6.07) is 13.9. The fourth-order valence-electron chi connectivity index (χ4n) is 3.72. The van der Waals surface area contributed by atoms with Crippen LogP contribution in [0.2, 0.25) is 0 Å². The van der Waals surface area contributed by atoms with Crippen LogP contribution in [0.25, 0.3) is 0 Å². The van der Waals surface area contributed by atoms with Gasteiger partial charge in [-0.2, -0.15) is 0 Å². The number of hydrogen-bond acceptors (Lipinski definition) is 2. The molecule has 2 aromatic rings. The van der Waals surface area contributed by atoms with Crippen molar-refractivity contribution in [2.75, 3.05) is 18.4 Å². The molecule has 3 rings (SSSR count). The first-order chi connectivity index (χ1) is 13.0. The molecule has 4 heteroatoms. The van der Waals surface area contributed by atoms with E-state index in [1.807, 2.05) is 55.1 Å². The summed E-state index contributed by atoms with van der Waals surface area (Å²) in [5.74, 6) is -0.150. The number of nitrogens with one attached hydrogen (secondary N) is 1. The number of piperidine rings is 1. The standard InChI is InChI=1S/C23H28N2O2/c1-4-18-7-9-21(10-8-18)24-22(26)19-6-5-11-25(15-19)23(27)20-13-16(2)12-17(3)14-20/h7-10,12-14,19H,4-6,11,15H2,1-3H3,(H,24,26)/t19-/m0/s1. The first-order valence-electron chi connectivity index (χ1n) is 9.73. The lowest BCUT2D eigenvalue weighted by molar-refractivity contribution is -0.121. The first-order valence-corrected chi connectivity index (χ1v) is 9.73. The molecule has 0 radical (unpaired) electrons. The molecule has 2 aromatic carbocycles. The van der Waals surface area contributed by atoms with Gasteiger partial charge in [-0.1, -0.05) is 36.2 Å². The van der Waals surface area contributed by atoms with Crippen molar-refractivity contribution in [3.63, 3.8) is 0 Å². The molecule has 1 fully saturated rings. The average Bonchev–Trinajstić information content (AvgIpc) is 2.67. The molecule has 0 bridgehead atoms. The molecule has 142 valence electrons. The van der Waals surface area contributed by atoms with Crippen LogP contribution in [-0.2, 0) is 11.2 Å². The van der Waals surface area contributed by atoms with Crippen molar-refractivity contribution in [1.29, 1.82) is 0 Å². The molecule has 1 heterocycles. The van der Waals surface area contributed by atoms with Gasteiger partial charge in [-0.3, -0.25) is 9.59 Å². The van der Waals surface area contributed by atoms with Crippen LogP contribution in [-0.4, -0.2) is 29.8 Å². The number of likely N-dealkylation sites (tertiary alicyclic amines) is 1. The van der Waals surface area contributed by atoms with E-state index >= 15 is 0 Å². The minimum absolute atomic E-state index is 0.00262. The highest BCUT2D eigenvalue weighted by atomic mass is 16.2. The normalized spacial score (nSPS) is 16.9. The lowest BCUT2D eigenvalue weighted by atomic mass is 9.96. The monoisotopic (exact) mass is 364 g/mol. The number of benzene rings is 2. The Kier molecular flexibility index (Phi) is 5.94. The molecule has 0 aliphatic carbocycles. The van der Waals surface area contributed by atoms with E-state index in [9.17, 15) is 9.59 Å². The highest BCUT2D eigenvalue weighted by Crippen LogP contribution is 2.21. The Bertz CT molecular complexity index is 807. The molecular weight excluding hydrogens is 336 g/mol. The van der Waals surface area contributed by atoms with Gasteiger partial charge in [0.05, 0.1) is 5.92 Å². The number of amides is 2. The van der Waals surface area contributed by atoms with Crippen molar-refractivity contribution >= 4 is 17.5 Å². The molecule has 27 heavy (non-hydrogen) atoms. The van der Waals surface area contributed by atoms with Gasteiger partial charge in [0.2, 0.25) is 5.91 Å². The molecule has 1 aliphatic heterocycles. The van der Waals surface area contributed by atoms with E-state index in [0.29, 0.717) is 18.7 Å². The molecule has 1 aliphatic rings. The third-order valence-electron chi connectivity index (χ3n) is 5.18. The highest BCUT2D eigenvalue weighted by molar-refractivity contribution is 5.96. The fourth-order valence-corrected chi connectivity index (χ4v) is 3.72. The Morgan fingerprint density at radius 2 is 1.74 bits per heavy atom. The number of hydrogen-bond donors (Lipinski definition) is 1. The number of anilines is 1. The van der Waals surface area contributed by atoms with Gasteiger partial charge >= 0.3 is 0 Å². The highest BCUT2D eigenvalue weighted by Gasteiger charge is 2.29. The van der Waals surface area contributed by atoms with Crippen LogP contribution < -0.4 is 5.32 Å². The van der Waals surface area contributed by atoms with Gasteiger partial charge < -0.3 is 10.2 Å². The summed E-state index contributed by atoms with van der Waals surface area (Å²) in [7, 11) is 0. The minimum atomic E-state index is -0.167. The topological polar surface area (TPSA) is 49.4 Å². The summed E-state index contributed by atoms with van der Waals surface area (Å²) in [6.07, 6.45) is 2.64. The molecular formula is C23H28N2O2. The molecule has 0 unspecified atom stereocenters. The van der Waals surface area contributed by atoms with Gasteiger partial charge in [0, 0.05) is 24.3 Å².